The Morgan fingerprint density at radius 2 is 1.95 bits per heavy atom. The van der Waals surface area contributed by atoms with Gasteiger partial charge in [-0.05, 0) is 29.1 Å². The van der Waals surface area contributed by atoms with E-state index in [1.165, 1.54) is 21.8 Å². The smallest absolute Gasteiger partial charge is 0.0737 e. The van der Waals surface area contributed by atoms with Gasteiger partial charge in [0.05, 0.1) is 11.7 Å². The maximum absolute atomic E-state index is 3.67. The van der Waals surface area contributed by atoms with Crippen LogP contribution in [0.4, 0.5) is 0 Å². The minimum absolute atomic E-state index is 0.260. The van der Waals surface area contributed by atoms with E-state index in [1.807, 2.05) is 11.3 Å². The van der Waals surface area contributed by atoms with Crippen molar-refractivity contribution < 1.29 is 0 Å². The number of benzene rings is 1. The van der Waals surface area contributed by atoms with Crippen LogP contribution in [0.2, 0.25) is 0 Å². The Hall–Kier alpha value is -1.84. The highest BCUT2D eigenvalue weighted by molar-refractivity contribution is 7.10. The maximum atomic E-state index is 3.67. The summed E-state index contributed by atoms with van der Waals surface area (Å²) in [6.45, 7) is 0.925. The molecule has 1 aliphatic heterocycles. The van der Waals surface area contributed by atoms with Crippen LogP contribution in [-0.2, 0) is 6.54 Å². The van der Waals surface area contributed by atoms with E-state index in [2.05, 4.69) is 70.0 Å². The Morgan fingerprint density at radius 1 is 1.05 bits per heavy atom. The minimum Gasteiger partial charge on any atom is -0.318 e. The number of rotatable bonds is 1. The molecule has 2 nitrogen and oxygen atoms in total. The standard InChI is InChI=1S/C16H14N2S/c1-2-5-12(6-3-1)16-14-7-4-9-18(14)13-8-10-19-15(13)11-17-16/h1-10,16-17H,11H2. The van der Waals surface area contributed by atoms with Gasteiger partial charge in [0.2, 0.25) is 0 Å². The fourth-order valence-corrected chi connectivity index (χ4v) is 3.58. The predicted octanol–water partition coefficient (Wildman–Crippen LogP) is 3.73. The van der Waals surface area contributed by atoms with Gasteiger partial charge in [0, 0.05) is 23.3 Å². The molecule has 4 rings (SSSR count). The van der Waals surface area contributed by atoms with Crippen molar-refractivity contribution in [2.24, 2.45) is 0 Å². The number of nitrogens with zero attached hydrogens (tertiary/aromatic N) is 1. The van der Waals surface area contributed by atoms with Crippen LogP contribution in [0.3, 0.4) is 0 Å². The molecule has 0 amide bonds. The van der Waals surface area contributed by atoms with Gasteiger partial charge >= 0.3 is 0 Å². The van der Waals surface area contributed by atoms with Crippen LogP contribution in [0.15, 0.2) is 60.1 Å². The first-order valence-electron chi connectivity index (χ1n) is 6.46. The average molecular weight is 266 g/mol. The first-order valence-corrected chi connectivity index (χ1v) is 7.34. The summed E-state index contributed by atoms with van der Waals surface area (Å²) in [4.78, 5) is 1.40. The summed E-state index contributed by atoms with van der Waals surface area (Å²) in [6.07, 6.45) is 2.16. The molecule has 1 atom stereocenters. The van der Waals surface area contributed by atoms with E-state index in [0.29, 0.717) is 0 Å². The number of thiophene rings is 1. The third-order valence-corrected chi connectivity index (χ3v) is 4.57. The molecule has 0 bridgehead atoms. The second-order valence-corrected chi connectivity index (χ2v) is 5.76. The first kappa shape index (κ1) is 11.0. The molecule has 1 N–H and O–H groups in total. The lowest BCUT2D eigenvalue weighted by Crippen LogP contribution is -2.21. The number of hydrogen-bond acceptors (Lipinski definition) is 2. The van der Waals surface area contributed by atoms with Gasteiger partial charge in [0.15, 0.2) is 0 Å². The van der Waals surface area contributed by atoms with Crippen molar-refractivity contribution in [3.05, 3.63) is 76.2 Å². The van der Waals surface area contributed by atoms with E-state index >= 15 is 0 Å². The summed E-state index contributed by atoms with van der Waals surface area (Å²) in [5.74, 6) is 0. The van der Waals surface area contributed by atoms with E-state index in [-0.39, 0.29) is 6.04 Å². The lowest BCUT2D eigenvalue weighted by molar-refractivity contribution is 0.604. The second-order valence-electron chi connectivity index (χ2n) is 4.76. The molecule has 1 aliphatic rings. The Balaban J connectivity index is 1.88. The Morgan fingerprint density at radius 3 is 2.84 bits per heavy atom. The van der Waals surface area contributed by atoms with Crippen molar-refractivity contribution >= 4 is 11.3 Å². The molecule has 2 aromatic heterocycles. The van der Waals surface area contributed by atoms with Gasteiger partial charge in [-0.25, -0.2) is 0 Å². The molecule has 0 saturated heterocycles. The van der Waals surface area contributed by atoms with Crippen molar-refractivity contribution in [2.75, 3.05) is 0 Å². The van der Waals surface area contributed by atoms with Crippen molar-refractivity contribution in [3.8, 4) is 5.69 Å². The molecule has 3 heteroatoms. The molecule has 0 aliphatic carbocycles. The Labute approximate surface area is 116 Å². The minimum atomic E-state index is 0.260. The van der Waals surface area contributed by atoms with Crippen LogP contribution >= 0.6 is 11.3 Å². The van der Waals surface area contributed by atoms with Gasteiger partial charge in [-0.15, -0.1) is 11.3 Å². The van der Waals surface area contributed by atoms with Gasteiger partial charge in [0.25, 0.3) is 0 Å². The first-order chi connectivity index (χ1) is 9.43. The van der Waals surface area contributed by atoms with Gasteiger partial charge < -0.3 is 4.57 Å². The van der Waals surface area contributed by atoms with E-state index < -0.39 is 0 Å². The SMILES string of the molecule is c1ccc(C2NCc3sccc3-n3cccc32)cc1. The zero-order valence-electron chi connectivity index (χ0n) is 10.4. The third-order valence-electron chi connectivity index (χ3n) is 3.66. The zero-order chi connectivity index (χ0) is 12.7. The van der Waals surface area contributed by atoms with E-state index in [9.17, 15) is 0 Å². The van der Waals surface area contributed by atoms with Crippen LogP contribution in [0, 0.1) is 0 Å². The van der Waals surface area contributed by atoms with Crippen LogP contribution < -0.4 is 5.32 Å². The summed E-state index contributed by atoms with van der Waals surface area (Å²) < 4.78 is 2.31. The highest BCUT2D eigenvalue weighted by atomic mass is 32.1. The van der Waals surface area contributed by atoms with Gasteiger partial charge in [0.1, 0.15) is 0 Å². The maximum Gasteiger partial charge on any atom is 0.0737 e. The molecule has 94 valence electrons. The summed E-state index contributed by atoms with van der Waals surface area (Å²) in [5, 5.41) is 5.84. The number of fused-ring (bicyclic) bond motifs is 3. The number of hydrogen-bond donors (Lipinski definition) is 1. The summed E-state index contributed by atoms with van der Waals surface area (Å²) in [5.41, 5.74) is 3.94. The monoisotopic (exact) mass is 266 g/mol. The molecule has 0 saturated carbocycles. The number of nitrogens with one attached hydrogen (secondary N) is 1. The molecule has 0 spiro atoms. The fourth-order valence-electron chi connectivity index (χ4n) is 2.76. The average Bonchev–Trinajstić information content (AvgIpc) is 3.07. The van der Waals surface area contributed by atoms with Crippen molar-refractivity contribution in [2.45, 2.75) is 12.6 Å². The topological polar surface area (TPSA) is 17.0 Å². The molecule has 0 radical (unpaired) electrons. The van der Waals surface area contributed by atoms with Gasteiger partial charge in [-0.1, -0.05) is 30.3 Å². The normalized spacial score (nSPS) is 17.6. The van der Waals surface area contributed by atoms with Crippen molar-refractivity contribution in [1.82, 2.24) is 9.88 Å². The molecule has 19 heavy (non-hydrogen) atoms. The molecule has 1 unspecified atom stereocenters. The summed E-state index contributed by atoms with van der Waals surface area (Å²) >= 11 is 1.82. The summed E-state index contributed by atoms with van der Waals surface area (Å²) in [7, 11) is 0. The largest absolute Gasteiger partial charge is 0.318 e. The van der Waals surface area contributed by atoms with Crippen LogP contribution in [-0.4, -0.2) is 4.57 Å². The molecule has 0 fully saturated rings. The lowest BCUT2D eigenvalue weighted by Gasteiger charge is -2.17. The quantitative estimate of drug-likeness (QED) is 0.710. The van der Waals surface area contributed by atoms with E-state index in [4.69, 9.17) is 0 Å². The van der Waals surface area contributed by atoms with Gasteiger partial charge in [-0.2, -0.15) is 0 Å². The lowest BCUT2D eigenvalue weighted by atomic mass is 10.0. The highest BCUT2D eigenvalue weighted by Gasteiger charge is 2.22. The molecule has 3 aromatic rings. The van der Waals surface area contributed by atoms with Gasteiger partial charge in [-0.3, -0.25) is 5.32 Å². The van der Waals surface area contributed by atoms with Crippen molar-refractivity contribution in [3.63, 3.8) is 0 Å². The fraction of sp³-hybridized carbons (Fsp3) is 0.125. The molecular formula is C16H14N2S. The zero-order valence-corrected chi connectivity index (χ0v) is 11.2. The van der Waals surface area contributed by atoms with Crippen molar-refractivity contribution in [1.29, 1.82) is 0 Å². The Kier molecular flexibility index (Phi) is 2.53. The van der Waals surface area contributed by atoms with E-state index in [1.54, 1.807) is 0 Å². The van der Waals surface area contributed by atoms with Crippen LogP contribution in [0.1, 0.15) is 22.2 Å². The third kappa shape index (κ3) is 1.74. The Bertz CT molecular complexity index is 696. The highest BCUT2D eigenvalue weighted by Crippen LogP contribution is 2.32. The molecule has 3 heterocycles. The molecular weight excluding hydrogens is 252 g/mol. The molecule has 1 aromatic carbocycles. The second kappa shape index (κ2) is 4.37. The van der Waals surface area contributed by atoms with E-state index in [0.717, 1.165) is 6.54 Å². The summed E-state index contributed by atoms with van der Waals surface area (Å²) in [6, 6.07) is 17.4. The van der Waals surface area contributed by atoms with Crippen LogP contribution in [0.25, 0.3) is 5.69 Å². The van der Waals surface area contributed by atoms with Crippen LogP contribution in [0.5, 0.6) is 0 Å². The number of aromatic nitrogens is 1. The predicted molar refractivity (Wildman–Crippen MR) is 78.8 cm³/mol.